The Hall–Kier alpha value is -2.47. The van der Waals surface area contributed by atoms with Gasteiger partial charge in [-0.15, -0.1) is 0 Å². The summed E-state index contributed by atoms with van der Waals surface area (Å²) in [5.74, 6) is -2.55. The first-order valence-corrected chi connectivity index (χ1v) is 7.12. The highest BCUT2D eigenvalue weighted by Gasteiger charge is 2.40. The highest BCUT2D eigenvalue weighted by molar-refractivity contribution is 9.10. The molecule has 0 fully saturated rings. The molecule has 1 heterocycles. The maximum Gasteiger partial charge on any atom is 0.301 e. The van der Waals surface area contributed by atoms with Crippen molar-refractivity contribution in [2.75, 3.05) is 4.90 Å². The van der Waals surface area contributed by atoms with Gasteiger partial charge in [-0.3, -0.25) is 9.59 Å². The van der Waals surface area contributed by atoms with Crippen molar-refractivity contribution in [2.45, 2.75) is 0 Å². The predicted molar refractivity (Wildman–Crippen MR) is 82.6 cm³/mol. The molecule has 0 bridgehead atoms. The van der Waals surface area contributed by atoms with Crippen LogP contribution in [-0.4, -0.2) is 16.9 Å². The number of aliphatic hydroxyl groups excluding tert-OH is 1. The zero-order chi connectivity index (χ0) is 15.9. The van der Waals surface area contributed by atoms with Crippen LogP contribution in [0.2, 0.25) is 0 Å². The maximum atomic E-state index is 13.0. The largest absolute Gasteiger partial charge is 0.502 e. The number of halogens is 2. The molecule has 6 heteroatoms. The third kappa shape index (κ3) is 2.31. The number of rotatable bonds is 2. The number of hydrogen-bond acceptors (Lipinski definition) is 3. The minimum atomic E-state index is -0.799. The van der Waals surface area contributed by atoms with Gasteiger partial charge in [0.2, 0.25) is 0 Å². The van der Waals surface area contributed by atoms with Gasteiger partial charge in [-0.2, -0.15) is 0 Å². The van der Waals surface area contributed by atoms with Crippen molar-refractivity contribution in [3.05, 3.63) is 70.1 Å². The Kier molecular flexibility index (Phi) is 3.54. The van der Waals surface area contributed by atoms with Crippen LogP contribution in [0.15, 0.2) is 58.8 Å². The minimum Gasteiger partial charge on any atom is -0.502 e. The van der Waals surface area contributed by atoms with Crippen molar-refractivity contribution in [1.82, 2.24) is 0 Å². The maximum absolute atomic E-state index is 13.0. The summed E-state index contributed by atoms with van der Waals surface area (Å²) in [6.45, 7) is 0. The van der Waals surface area contributed by atoms with Crippen LogP contribution in [0.5, 0.6) is 0 Å². The van der Waals surface area contributed by atoms with E-state index in [9.17, 15) is 19.1 Å². The Labute approximate surface area is 133 Å². The van der Waals surface area contributed by atoms with Gasteiger partial charge in [0.25, 0.3) is 5.91 Å². The molecule has 4 nitrogen and oxygen atoms in total. The lowest BCUT2D eigenvalue weighted by Gasteiger charge is -2.14. The summed E-state index contributed by atoms with van der Waals surface area (Å²) in [6.07, 6.45) is 0. The van der Waals surface area contributed by atoms with Crippen molar-refractivity contribution >= 4 is 39.0 Å². The van der Waals surface area contributed by atoms with Crippen LogP contribution >= 0.6 is 15.9 Å². The van der Waals surface area contributed by atoms with Crippen LogP contribution in [-0.2, 0) is 9.59 Å². The molecule has 0 atom stereocenters. The number of anilines is 1. The van der Waals surface area contributed by atoms with Gasteiger partial charge in [0.05, 0.1) is 11.3 Å². The van der Waals surface area contributed by atoms with E-state index in [4.69, 9.17) is 0 Å². The fourth-order valence-corrected chi connectivity index (χ4v) is 2.48. The zero-order valence-electron chi connectivity index (χ0n) is 11.1. The monoisotopic (exact) mass is 361 g/mol. The van der Waals surface area contributed by atoms with Crippen molar-refractivity contribution in [2.24, 2.45) is 0 Å². The van der Waals surface area contributed by atoms with Crippen molar-refractivity contribution in [3.8, 4) is 0 Å². The summed E-state index contributed by atoms with van der Waals surface area (Å²) in [6, 6.07) is 11.5. The van der Waals surface area contributed by atoms with E-state index in [1.54, 1.807) is 24.3 Å². The lowest BCUT2D eigenvalue weighted by Crippen LogP contribution is -2.31. The minimum absolute atomic E-state index is 0.132. The fraction of sp³-hybridized carbons (Fsp3) is 0. The predicted octanol–water partition coefficient (Wildman–Crippen LogP) is 3.43. The number of nitrogens with zero attached hydrogens (tertiary/aromatic N) is 1. The molecule has 0 aromatic heterocycles. The van der Waals surface area contributed by atoms with E-state index in [2.05, 4.69) is 15.9 Å². The van der Waals surface area contributed by atoms with Crippen LogP contribution in [0, 0.1) is 5.82 Å². The molecular formula is C16H9BrFNO3. The van der Waals surface area contributed by atoms with Gasteiger partial charge in [0, 0.05) is 4.47 Å². The highest BCUT2D eigenvalue weighted by atomic mass is 79.9. The Balaban J connectivity index is 2.03. The van der Waals surface area contributed by atoms with Crippen LogP contribution in [0.25, 0.3) is 5.57 Å². The smallest absolute Gasteiger partial charge is 0.301 e. The zero-order valence-corrected chi connectivity index (χ0v) is 12.7. The van der Waals surface area contributed by atoms with Gasteiger partial charge in [-0.05, 0) is 42.0 Å². The van der Waals surface area contributed by atoms with Gasteiger partial charge in [-0.25, -0.2) is 9.29 Å². The van der Waals surface area contributed by atoms with Crippen LogP contribution in [0.4, 0.5) is 10.1 Å². The molecular weight excluding hydrogens is 353 g/mol. The third-order valence-electron chi connectivity index (χ3n) is 3.28. The summed E-state index contributed by atoms with van der Waals surface area (Å²) in [4.78, 5) is 25.5. The summed E-state index contributed by atoms with van der Waals surface area (Å²) in [5, 5.41) is 10.0. The fourth-order valence-electron chi connectivity index (χ4n) is 2.22. The van der Waals surface area contributed by atoms with E-state index < -0.39 is 23.4 Å². The second-order valence-corrected chi connectivity index (χ2v) is 5.57. The molecule has 0 unspecified atom stereocenters. The lowest BCUT2D eigenvalue weighted by molar-refractivity contribution is -0.121. The molecule has 110 valence electrons. The average Bonchev–Trinajstić information content (AvgIpc) is 2.72. The lowest BCUT2D eigenvalue weighted by atomic mass is 10.1. The summed E-state index contributed by atoms with van der Waals surface area (Å²) < 4.78 is 13.8. The summed E-state index contributed by atoms with van der Waals surface area (Å²) in [5.41, 5.74) is 0.506. The quantitative estimate of drug-likeness (QED) is 0.833. The number of carbonyl (C=O) groups is 2. The van der Waals surface area contributed by atoms with Gasteiger partial charge < -0.3 is 5.11 Å². The Bertz CT molecular complexity index is 797. The van der Waals surface area contributed by atoms with Gasteiger partial charge >= 0.3 is 5.91 Å². The Morgan fingerprint density at radius 1 is 0.909 bits per heavy atom. The molecule has 2 aromatic carbocycles. The van der Waals surface area contributed by atoms with Gasteiger partial charge in [0.1, 0.15) is 5.82 Å². The average molecular weight is 362 g/mol. The van der Waals surface area contributed by atoms with Crippen LogP contribution < -0.4 is 4.90 Å². The van der Waals surface area contributed by atoms with E-state index in [0.29, 0.717) is 5.69 Å². The molecule has 22 heavy (non-hydrogen) atoms. The molecule has 1 aliphatic rings. The molecule has 0 aliphatic carbocycles. The van der Waals surface area contributed by atoms with Crippen LogP contribution in [0.1, 0.15) is 5.56 Å². The van der Waals surface area contributed by atoms with E-state index in [-0.39, 0.29) is 11.1 Å². The first kappa shape index (κ1) is 14.5. The standard InChI is InChI=1S/C16H9BrFNO3/c17-10-3-7-12(8-4-10)19-15(21)13(14(20)16(19)22)9-1-5-11(18)6-2-9/h1-8,20H. The van der Waals surface area contributed by atoms with Gasteiger partial charge in [0.15, 0.2) is 5.76 Å². The van der Waals surface area contributed by atoms with E-state index in [1.165, 1.54) is 12.1 Å². The van der Waals surface area contributed by atoms with Crippen LogP contribution in [0.3, 0.4) is 0 Å². The van der Waals surface area contributed by atoms with E-state index in [1.807, 2.05) is 0 Å². The second-order valence-electron chi connectivity index (χ2n) is 4.65. The molecule has 0 radical (unpaired) electrons. The number of aliphatic hydroxyl groups is 1. The first-order valence-electron chi connectivity index (χ1n) is 6.32. The van der Waals surface area contributed by atoms with Gasteiger partial charge in [-0.1, -0.05) is 28.1 Å². The molecule has 0 saturated carbocycles. The van der Waals surface area contributed by atoms with Crippen molar-refractivity contribution < 1.29 is 19.1 Å². The van der Waals surface area contributed by atoms with Crippen molar-refractivity contribution in [3.63, 3.8) is 0 Å². The molecule has 2 aromatic rings. The Morgan fingerprint density at radius 3 is 2.09 bits per heavy atom. The number of amides is 2. The molecule has 1 N–H and O–H groups in total. The number of hydrogen-bond donors (Lipinski definition) is 1. The SMILES string of the molecule is O=C1C(O)=C(c2ccc(F)cc2)C(=O)N1c1ccc(Br)cc1. The molecule has 3 rings (SSSR count). The summed E-state index contributed by atoms with van der Waals surface area (Å²) >= 11 is 3.27. The number of imide groups is 1. The molecule has 1 aliphatic heterocycles. The topological polar surface area (TPSA) is 57.6 Å². The summed E-state index contributed by atoms with van der Waals surface area (Å²) in [7, 11) is 0. The molecule has 0 saturated heterocycles. The third-order valence-corrected chi connectivity index (χ3v) is 3.81. The molecule has 0 spiro atoms. The Morgan fingerprint density at radius 2 is 1.50 bits per heavy atom. The number of carbonyl (C=O) groups excluding carboxylic acids is 2. The van der Waals surface area contributed by atoms with E-state index >= 15 is 0 Å². The number of benzene rings is 2. The highest BCUT2D eigenvalue weighted by Crippen LogP contribution is 2.32. The second kappa shape index (κ2) is 5.38. The first-order chi connectivity index (χ1) is 10.5. The van der Waals surface area contributed by atoms with E-state index in [0.717, 1.165) is 21.5 Å². The normalized spacial score (nSPS) is 14.9. The van der Waals surface area contributed by atoms with Crippen molar-refractivity contribution in [1.29, 1.82) is 0 Å². The molecule has 2 amide bonds.